The summed E-state index contributed by atoms with van der Waals surface area (Å²) in [6.45, 7) is 0. The summed E-state index contributed by atoms with van der Waals surface area (Å²) >= 11 is 3.42. The standard InChI is InChI=1S/C18H13BrFNO2/c1-23-18(22)16-13-7-2-3-8-15(13)21-17(14(16)10-19)11-5-4-6-12(20)9-11/h2-9H,10H2,1H3. The van der Waals surface area contributed by atoms with Gasteiger partial charge in [-0.05, 0) is 18.2 Å². The normalized spacial score (nSPS) is 10.7. The third-order valence-electron chi connectivity index (χ3n) is 3.61. The predicted octanol–water partition coefficient (Wildman–Crippen LogP) is 4.72. The van der Waals surface area contributed by atoms with Gasteiger partial charge in [0.05, 0.1) is 23.9 Å². The summed E-state index contributed by atoms with van der Waals surface area (Å²) in [5, 5.41) is 1.12. The number of carbonyl (C=O) groups excluding carboxylic acids is 1. The van der Waals surface area contributed by atoms with E-state index in [2.05, 4.69) is 20.9 Å². The number of esters is 1. The van der Waals surface area contributed by atoms with E-state index in [1.807, 2.05) is 24.3 Å². The first-order valence-electron chi connectivity index (χ1n) is 6.97. The first kappa shape index (κ1) is 15.6. The summed E-state index contributed by atoms with van der Waals surface area (Å²) in [6.07, 6.45) is 0. The molecule has 0 radical (unpaired) electrons. The molecule has 0 saturated carbocycles. The Labute approximate surface area is 141 Å². The number of carbonyl (C=O) groups is 1. The smallest absolute Gasteiger partial charge is 0.338 e. The molecule has 0 saturated heterocycles. The number of para-hydroxylation sites is 1. The Morgan fingerprint density at radius 1 is 1.22 bits per heavy atom. The van der Waals surface area contributed by atoms with Crippen LogP contribution in [0.5, 0.6) is 0 Å². The van der Waals surface area contributed by atoms with Crippen LogP contribution in [0.15, 0.2) is 48.5 Å². The lowest BCUT2D eigenvalue weighted by Gasteiger charge is -2.14. The van der Waals surface area contributed by atoms with Gasteiger partial charge in [0.15, 0.2) is 0 Å². The van der Waals surface area contributed by atoms with Crippen molar-refractivity contribution in [2.24, 2.45) is 0 Å². The van der Waals surface area contributed by atoms with Crippen molar-refractivity contribution in [1.82, 2.24) is 4.98 Å². The van der Waals surface area contributed by atoms with Crippen LogP contribution in [0.4, 0.5) is 4.39 Å². The minimum absolute atomic E-state index is 0.349. The second-order valence-electron chi connectivity index (χ2n) is 4.97. The number of methoxy groups -OCH3 is 1. The molecule has 1 heterocycles. The van der Waals surface area contributed by atoms with Crippen LogP contribution in [0.3, 0.4) is 0 Å². The predicted molar refractivity (Wildman–Crippen MR) is 91.1 cm³/mol. The van der Waals surface area contributed by atoms with E-state index in [9.17, 15) is 9.18 Å². The van der Waals surface area contributed by atoms with Crippen molar-refractivity contribution < 1.29 is 13.9 Å². The number of fused-ring (bicyclic) bond motifs is 1. The highest BCUT2D eigenvalue weighted by molar-refractivity contribution is 9.08. The van der Waals surface area contributed by atoms with Crippen molar-refractivity contribution in [3.05, 3.63) is 65.5 Å². The molecule has 116 valence electrons. The van der Waals surface area contributed by atoms with Crippen LogP contribution in [0.2, 0.25) is 0 Å². The molecule has 3 aromatic rings. The van der Waals surface area contributed by atoms with Crippen LogP contribution < -0.4 is 0 Å². The Hall–Kier alpha value is -2.27. The van der Waals surface area contributed by atoms with E-state index in [4.69, 9.17) is 4.74 Å². The largest absolute Gasteiger partial charge is 0.465 e. The molecule has 23 heavy (non-hydrogen) atoms. The van der Waals surface area contributed by atoms with E-state index in [-0.39, 0.29) is 5.82 Å². The Balaban J connectivity index is 2.40. The van der Waals surface area contributed by atoms with Crippen molar-refractivity contribution in [3.63, 3.8) is 0 Å². The summed E-state index contributed by atoms with van der Waals surface area (Å²) in [4.78, 5) is 16.9. The number of aromatic nitrogens is 1. The summed E-state index contributed by atoms with van der Waals surface area (Å²) in [5.41, 5.74) is 2.99. The molecule has 0 amide bonds. The highest BCUT2D eigenvalue weighted by Gasteiger charge is 2.21. The summed E-state index contributed by atoms with van der Waals surface area (Å²) in [5.74, 6) is -0.784. The van der Waals surface area contributed by atoms with Gasteiger partial charge in [0.25, 0.3) is 0 Å². The van der Waals surface area contributed by atoms with Crippen molar-refractivity contribution in [1.29, 1.82) is 0 Å². The minimum atomic E-state index is -0.435. The fourth-order valence-electron chi connectivity index (χ4n) is 2.59. The lowest BCUT2D eigenvalue weighted by molar-refractivity contribution is 0.0602. The molecule has 0 aliphatic rings. The van der Waals surface area contributed by atoms with Gasteiger partial charge in [-0.2, -0.15) is 0 Å². The molecule has 0 unspecified atom stereocenters. The summed E-state index contributed by atoms with van der Waals surface area (Å²) in [7, 11) is 1.34. The van der Waals surface area contributed by atoms with Gasteiger partial charge in [-0.3, -0.25) is 0 Å². The topological polar surface area (TPSA) is 39.2 Å². The van der Waals surface area contributed by atoms with Gasteiger partial charge in [0.2, 0.25) is 0 Å². The third kappa shape index (κ3) is 2.84. The first-order valence-corrected chi connectivity index (χ1v) is 8.09. The maximum Gasteiger partial charge on any atom is 0.338 e. The highest BCUT2D eigenvalue weighted by Crippen LogP contribution is 2.32. The lowest BCUT2D eigenvalue weighted by Crippen LogP contribution is -2.09. The molecule has 5 heteroatoms. The van der Waals surface area contributed by atoms with Crippen molar-refractivity contribution in [2.75, 3.05) is 7.11 Å². The van der Waals surface area contributed by atoms with Crippen LogP contribution in [0, 0.1) is 5.82 Å². The van der Waals surface area contributed by atoms with Gasteiger partial charge >= 0.3 is 5.97 Å². The molecule has 0 aliphatic heterocycles. The quantitative estimate of drug-likeness (QED) is 0.492. The average molecular weight is 374 g/mol. The fourth-order valence-corrected chi connectivity index (χ4v) is 3.14. The second kappa shape index (κ2) is 6.46. The van der Waals surface area contributed by atoms with Crippen molar-refractivity contribution in [2.45, 2.75) is 5.33 Å². The van der Waals surface area contributed by atoms with Crippen molar-refractivity contribution >= 4 is 32.8 Å². The Morgan fingerprint density at radius 2 is 2.00 bits per heavy atom. The van der Waals surface area contributed by atoms with Crippen LogP contribution in [-0.4, -0.2) is 18.1 Å². The van der Waals surface area contributed by atoms with E-state index in [1.165, 1.54) is 19.2 Å². The van der Waals surface area contributed by atoms with Crippen LogP contribution >= 0.6 is 15.9 Å². The zero-order valence-electron chi connectivity index (χ0n) is 12.3. The van der Waals surface area contributed by atoms with E-state index in [1.54, 1.807) is 12.1 Å². The van der Waals surface area contributed by atoms with Crippen LogP contribution in [0.1, 0.15) is 15.9 Å². The Kier molecular flexibility index (Phi) is 4.39. The molecule has 3 rings (SSSR count). The maximum atomic E-state index is 13.6. The van der Waals surface area contributed by atoms with E-state index < -0.39 is 5.97 Å². The van der Waals surface area contributed by atoms with Gasteiger partial charge < -0.3 is 4.74 Å². The monoisotopic (exact) mass is 373 g/mol. The number of benzene rings is 2. The zero-order valence-corrected chi connectivity index (χ0v) is 13.9. The molecule has 1 aromatic heterocycles. The second-order valence-corrected chi connectivity index (χ2v) is 5.53. The number of halogens is 2. The van der Waals surface area contributed by atoms with E-state index in [0.29, 0.717) is 38.6 Å². The molecule has 2 aromatic carbocycles. The number of nitrogens with zero attached hydrogens (tertiary/aromatic N) is 1. The molecular weight excluding hydrogens is 361 g/mol. The zero-order chi connectivity index (χ0) is 16.4. The molecule has 0 bridgehead atoms. The molecule has 0 fully saturated rings. The maximum absolute atomic E-state index is 13.6. The van der Waals surface area contributed by atoms with Crippen LogP contribution in [0.25, 0.3) is 22.2 Å². The van der Waals surface area contributed by atoms with Crippen molar-refractivity contribution in [3.8, 4) is 11.3 Å². The summed E-state index contributed by atoms with van der Waals surface area (Å²) in [6, 6.07) is 13.5. The van der Waals surface area contributed by atoms with E-state index in [0.717, 1.165) is 0 Å². The average Bonchev–Trinajstić information content (AvgIpc) is 2.59. The number of alkyl halides is 1. The third-order valence-corrected chi connectivity index (χ3v) is 4.18. The molecule has 0 spiro atoms. The van der Waals surface area contributed by atoms with Gasteiger partial charge in [0.1, 0.15) is 5.82 Å². The summed E-state index contributed by atoms with van der Waals surface area (Å²) < 4.78 is 18.5. The number of hydrogen-bond acceptors (Lipinski definition) is 3. The number of hydrogen-bond donors (Lipinski definition) is 0. The lowest BCUT2D eigenvalue weighted by atomic mass is 9.97. The van der Waals surface area contributed by atoms with Gasteiger partial charge in [0, 0.05) is 21.8 Å². The number of ether oxygens (including phenoxy) is 1. The number of pyridine rings is 1. The molecule has 0 N–H and O–H groups in total. The number of rotatable bonds is 3. The molecule has 0 atom stereocenters. The SMILES string of the molecule is COC(=O)c1c(CBr)c(-c2cccc(F)c2)nc2ccccc12. The van der Waals surface area contributed by atoms with Gasteiger partial charge in [-0.25, -0.2) is 14.2 Å². The Morgan fingerprint density at radius 3 is 2.70 bits per heavy atom. The first-order chi connectivity index (χ1) is 11.2. The molecule has 0 aliphatic carbocycles. The van der Waals surface area contributed by atoms with Gasteiger partial charge in [-0.15, -0.1) is 0 Å². The van der Waals surface area contributed by atoms with E-state index >= 15 is 0 Å². The van der Waals surface area contributed by atoms with Gasteiger partial charge in [-0.1, -0.05) is 46.3 Å². The molecule has 3 nitrogen and oxygen atoms in total. The fraction of sp³-hybridized carbons (Fsp3) is 0.111. The highest BCUT2D eigenvalue weighted by atomic mass is 79.9. The molecular formula is C18H13BrFNO2. The van der Waals surface area contributed by atoms with Crippen LogP contribution in [-0.2, 0) is 10.1 Å². The minimum Gasteiger partial charge on any atom is -0.465 e. The Bertz CT molecular complexity index is 895.